The number of nitrogens with two attached hydrogens (primary N) is 1. The molecule has 0 radical (unpaired) electrons. The van der Waals surface area contributed by atoms with Gasteiger partial charge < -0.3 is 10.5 Å². The number of hydrogen-bond acceptors (Lipinski definition) is 5. The molecule has 3 heterocycles. The summed E-state index contributed by atoms with van der Waals surface area (Å²) in [4.78, 5) is 2.24. The van der Waals surface area contributed by atoms with Crippen molar-refractivity contribution in [3.05, 3.63) is 52.6 Å². The van der Waals surface area contributed by atoms with E-state index in [-0.39, 0.29) is 11.6 Å². The van der Waals surface area contributed by atoms with Crippen LogP contribution in [0.15, 0.2) is 18.3 Å². The predicted octanol–water partition coefficient (Wildman–Crippen LogP) is 3.63. The van der Waals surface area contributed by atoms with Gasteiger partial charge in [0, 0.05) is 54.8 Å². The number of aromatic nitrogens is 2. The first kappa shape index (κ1) is 21.2. The van der Waals surface area contributed by atoms with Crippen LogP contribution in [0.25, 0.3) is 0 Å². The van der Waals surface area contributed by atoms with Gasteiger partial charge in [0.15, 0.2) is 11.6 Å². The Morgan fingerprint density at radius 1 is 1.14 bits per heavy atom. The Hall–Kier alpha value is -1.55. The monoisotopic (exact) mass is 414 g/mol. The molecule has 0 spiro atoms. The number of rotatable bonds is 3. The maximum Gasteiger partial charge on any atom is 0.161 e. The van der Waals surface area contributed by atoms with E-state index in [4.69, 9.17) is 10.5 Å². The molecule has 2 aromatic rings. The molecule has 5 nitrogen and oxygen atoms in total. The smallest absolute Gasteiger partial charge is 0.161 e. The molecule has 1 fully saturated rings. The summed E-state index contributed by atoms with van der Waals surface area (Å²) < 4.78 is 48.3. The zero-order valence-electron chi connectivity index (χ0n) is 16.2. The van der Waals surface area contributed by atoms with Crippen molar-refractivity contribution in [3.63, 3.8) is 0 Å². The van der Waals surface area contributed by atoms with Crippen LogP contribution in [0.5, 0.6) is 0 Å². The second-order valence-corrected chi connectivity index (χ2v) is 7.43. The lowest BCUT2D eigenvalue weighted by Crippen LogP contribution is -2.47. The van der Waals surface area contributed by atoms with Crippen LogP contribution in [-0.4, -0.2) is 39.0 Å². The molecule has 1 aromatic carbocycles. The van der Waals surface area contributed by atoms with Gasteiger partial charge >= 0.3 is 0 Å². The van der Waals surface area contributed by atoms with Gasteiger partial charge in [0.2, 0.25) is 0 Å². The SMILES string of the molecule is CC.CSn1cc2c(n1)CN(C1CO[C@H](c3cc(F)c(F)cc3F)C(N)C1)C2. The molecule has 2 N–H and O–H groups in total. The van der Waals surface area contributed by atoms with E-state index in [1.165, 1.54) is 5.56 Å². The van der Waals surface area contributed by atoms with E-state index in [9.17, 15) is 13.2 Å². The zero-order chi connectivity index (χ0) is 20.4. The van der Waals surface area contributed by atoms with E-state index in [0.717, 1.165) is 18.3 Å². The van der Waals surface area contributed by atoms with Crippen LogP contribution in [0.4, 0.5) is 13.2 Å². The number of nitrogens with zero attached hydrogens (tertiary/aromatic N) is 3. The molecule has 1 saturated heterocycles. The molecular formula is C19H25F3N4OS. The van der Waals surface area contributed by atoms with Gasteiger partial charge in [-0.1, -0.05) is 13.8 Å². The van der Waals surface area contributed by atoms with E-state index in [0.29, 0.717) is 25.6 Å². The van der Waals surface area contributed by atoms with Crippen LogP contribution in [0, 0.1) is 17.5 Å². The fourth-order valence-corrected chi connectivity index (χ4v) is 4.09. The molecule has 154 valence electrons. The molecule has 0 amide bonds. The van der Waals surface area contributed by atoms with Gasteiger partial charge in [-0.3, -0.25) is 4.90 Å². The minimum atomic E-state index is -1.22. The van der Waals surface area contributed by atoms with E-state index in [1.807, 2.05) is 30.4 Å². The maximum absolute atomic E-state index is 14.0. The molecule has 9 heteroatoms. The van der Waals surface area contributed by atoms with Crippen molar-refractivity contribution in [1.29, 1.82) is 0 Å². The van der Waals surface area contributed by atoms with Crippen LogP contribution < -0.4 is 5.73 Å². The largest absolute Gasteiger partial charge is 0.370 e. The summed E-state index contributed by atoms with van der Waals surface area (Å²) in [5, 5.41) is 4.50. The van der Waals surface area contributed by atoms with Gasteiger partial charge in [0.05, 0.1) is 12.3 Å². The van der Waals surface area contributed by atoms with E-state index in [2.05, 4.69) is 10.00 Å². The molecule has 3 atom stereocenters. The highest BCUT2D eigenvalue weighted by Gasteiger charge is 2.37. The van der Waals surface area contributed by atoms with Crippen LogP contribution >= 0.6 is 11.9 Å². The summed E-state index contributed by atoms with van der Waals surface area (Å²) in [7, 11) is 0. The topological polar surface area (TPSA) is 56.3 Å². The Balaban J connectivity index is 0.00000109. The molecule has 2 aliphatic rings. The Bertz CT molecular complexity index is 808. The molecule has 2 aliphatic heterocycles. The second kappa shape index (κ2) is 8.86. The summed E-state index contributed by atoms with van der Waals surface area (Å²) >= 11 is 1.54. The van der Waals surface area contributed by atoms with Crippen molar-refractivity contribution in [2.45, 2.75) is 51.5 Å². The molecular weight excluding hydrogens is 389 g/mol. The Morgan fingerprint density at radius 3 is 2.50 bits per heavy atom. The van der Waals surface area contributed by atoms with Gasteiger partial charge in [0.25, 0.3) is 0 Å². The van der Waals surface area contributed by atoms with Gasteiger partial charge in [-0.25, -0.2) is 17.3 Å². The van der Waals surface area contributed by atoms with E-state index < -0.39 is 29.6 Å². The number of benzene rings is 1. The van der Waals surface area contributed by atoms with E-state index >= 15 is 0 Å². The summed E-state index contributed by atoms with van der Waals surface area (Å²) in [5.41, 5.74) is 8.39. The van der Waals surface area contributed by atoms with Crippen LogP contribution in [0.1, 0.15) is 43.2 Å². The Morgan fingerprint density at radius 2 is 1.86 bits per heavy atom. The molecule has 4 rings (SSSR count). The fourth-order valence-electron chi connectivity index (χ4n) is 3.68. The third-order valence-corrected chi connectivity index (χ3v) is 5.59. The highest BCUT2D eigenvalue weighted by molar-refractivity contribution is 7.97. The molecule has 2 unspecified atom stereocenters. The highest BCUT2D eigenvalue weighted by Crippen LogP contribution is 2.34. The first-order valence-corrected chi connectivity index (χ1v) is 10.5. The molecule has 0 aliphatic carbocycles. The first-order chi connectivity index (χ1) is 13.5. The number of fused-ring (bicyclic) bond motifs is 1. The lowest BCUT2D eigenvalue weighted by molar-refractivity contribution is -0.0533. The summed E-state index contributed by atoms with van der Waals surface area (Å²) in [6.45, 7) is 5.83. The van der Waals surface area contributed by atoms with Crippen molar-refractivity contribution in [2.24, 2.45) is 5.73 Å². The third kappa shape index (κ3) is 4.07. The third-order valence-electron chi connectivity index (χ3n) is 5.03. The minimum absolute atomic E-state index is 0.0316. The number of halogens is 3. The predicted molar refractivity (Wildman–Crippen MR) is 103 cm³/mol. The van der Waals surface area contributed by atoms with Crippen molar-refractivity contribution in [1.82, 2.24) is 14.1 Å². The van der Waals surface area contributed by atoms with Crippen molar-refractivity contribution in [2.75, 3.05) is 12.9 Å². The lowest BCUT2D eigenvalue weighted by Gasteiger charge is -2.38. The summed E-state index contributed by atoms with van der Waals surface area (Å²) in [6, 6.07) is 0.946. The van der Waals surface area contributed by atoms with Gasteiger partial charge in [0.1, 0.15) is 11.9 Å². The lowest BCUT2D eigenvalue weighted by atomic mass is 9.93. The molecule has 0 bridgehead atoms. The Kier molecular flexibility index (Phi) is 6.69. The fraction of sp³-hybridized carbons (Fsp3) is 0.526. The van der Waals surface area contributed by atoms with Gasteiger partial charge in [-0.15, -0.1) is 0 Å². The number of hydrogen-bond donors (Lipinski definition) is 1. The minimum Gasteiger partial charge on any atom is -0.370 e. The van der Waals surface area contributed by atoms with Gasteiger partial charge in [-0.2, -0.15) is 5.10 Å². The second-order valence-electron chi connectivity index (χ2n) is 6.69. The van der Waals surface area contributed by atoms with Gasteiger partial charge in [-0.05, 0) is 24.4 Å². The summed E-state index contributed by atoms with van der Waals surface area (Å²) in [5.74, 6) is -3.16. The normalized spacial score (nSPS) is 24.6. The highest BCUT2D eigenvalue weighted by atomic mass is 32.2. The zero-order valence-corrected chi connectivity index (χ0v) is 17.0. The quantitative estimate of drug-likeness (QED) is 0.778. The summed E-state index contributed by atoms with van der Waals surface area (Å²) in [6.07, 6.45) is 3.77. The van der Waals surface area contributed by atoms with Crippen LogP contribution in [-0.2, 0) is 17.8 Å². The van der Waals surface area contributed by atoms with Crippen LogP contribution in [0.2, 0.25) is 0 Å². The molecule has 0 saturated carbocycles. The standard InChI is InChI=1S/C17H19F3N4OS.C2H6/c1-26-24-6-9-5-23(7-16(9)22-24)10-2-15(21)17(25-8-10)11-3-13(19)14(20)4-12(11)18;1-2/h3-4,6,10,15,17H,2,5,7-8,21H2,1H3;1-2H3/t10?,15?,17-;/m1./s1. The van der Waals surface area contributed by atoms with Crippen molar-refractivity contribution >= 4 is 11.9 Å². The Labute approximate surface area is 167 Å². The average molecular weight is 414 g/mol. The average Bonchev–Trinajstić information content (AvgIpc) is 3.25. The van der Waals surface area contributed by atoms with Crippen molar-refractivity contribution in [3.8, 4) is 0 Å². The van der Waals surface area contributed by atoms with Crippen molar-refractivity contribution < 1.29 is 17.9 Å². The van der Waals surface area contributed by atoms with Crippen LogP contribution in [0.3, 0.4) is 0 Å². The molecule has 28 heavy (non-hydrogen) atoms. The van der Waals surface area contributed by atoms with E-state index in [1.54, 1.807) is 11.9 Å². The molecule has 1 aromatic heterocycles. The number of ether oxygens (including phenoxy) is 1. The first-order valence-electron chi connectivity index (χ1n) is 9.34. The maximum atomic E-state index is 14.0.